The van der Waals surface area contributed by atoms with Crippen LogP contribution in [0.4, 0.5) is 0 Å². The van der Waals surface area contributed by atoms with E-state index in [9.17, 15) is 8.42 Å². The Labute approximate surface area is 119 Å². The lowest BCUT2D eigenvalue weighted by atomic mass is 10.5. The average Bonchev–Trinajstić information content (AvgIpc) is 2.56. The van der Waals surface area contributed by atoms with Gasteiger partial charge in [0.25, 0.3) is 0 Å². The zero-order valence-electron chi connectivity index (χ0n) is 8.74. The lowest BCUT2D eigenvalue weighted by Gasteiger charge is -2.09. The van der Waals surface area contributed by atoms with E-state index in [1.807, 2.05) is 0 Å². The molecule has 0 aliphatic heterocycles. The normalized spacial score (nSPS) is 13.9. The summed E-state index contributed by atoms with van der Waals surface area (Å²) >= 11 is 18.2. The number of nitrogens with one attached hydrogen (secondary N) is 1. The summed E-state index contributed by atoms with van der Waals surface area (Å²) in [5.41, 5.74) is 0. The molecule has 4 nitrogen and oxygen atoms in total. The van der Waals surface area contributed by atoms with Crippen molar-refractivity contribution in [1.82, 2.24) is 4.72 Å². The molecule has 1 aromatic rings. The molecule has 0 spiro atoms. The Kier molecular flexibility index (Phi) is 5.98. The van der Waals surface area contributed by atoms with Crippen LogP contribution in [0.1, 0.15) is 0 Å². The first-order valence-corrected chi connectivity index (χ1v) is 7.93. The Morgan fingerprint density at radius 2 is 2.18 bits per heavy atom. The maximum atomic E-state index is 11.8. The number of halogens is 3. The summed E-state index contributed by atoms with van der Waals surface area (Å²) in [4.78, 5) is -0.0320. The molecule has 1 N–H and O–H groups in total. The predicted molar refractivity (Wildman–Crippen MR) is 71.0 cm³/mol. The second kappa shape index (κ2) is 6.56. The molecule has 0 saturated carbocycles. The SMILES string of the molecule is COCC(Cl)CNS(=O)(=O)c1cc(Cl)sc1Cl. The molecule has 1 rings (SSSR count). The molecule has 0 fully saturated rings. The van der Waals surface area contributed by atoms with Crippen LogP contribution in [0.2, 0.25) is 8.67 Å². The minimum Gasteiger partial charge on any atom is -0.383 e. The van der Waals surface area contributed by atoms with Gasteiger partial charge in [0, 0.05) is 13.7 Å². The first kappa shape index (κ1) is 15.5. The van der Waals surface area contributed by atoms with Gasteiger partial charge >= 0.3 is 0 Å². The van der Waals surface area contributed by atoms with Crippen LogP contribution in [0.25, 0.3) is 0 Å². The highest BCUT2D eigenvalue weighted by molar-refractivity contribution is 7.89. The highest BCUT2D eigenvalue weighted by Crippen LogP contribution is 2.33. The van der Waals surface area contributed by atoms with E-state index >= 15 is 0 Å². The number of sulfonamides is 1. The van der Waals surface area contributed by atoms with Crippen LogP contribution in [0.15, 0.2) is 11.0 Å². The van der Waals surface area contributed by atoms with Gasteiger partial charge < -0.3 is 4.74 Å². The van der Waals surface area contributed by atoms with Crippen molar-refractivity contribution in [2.75, 3.05) is 20.3 Å². The smallest absolute Gasteiger partial charge is 0.243 e. The number of hydrogen-bond donors (Lipinski definition) is 1. The van der Waals surface area contributed by atoms with Gasteiger partial charge in [0.2, 0.25) is 10.0 Å². The molecule has 98 valence electrons. The molecule has 0 radical (unpaired) electrons. The molecule has 1 unspecified atom stereocenters. The molecule has 0 amide bonds. The molecule has 0 aliphatic carbocycles. The van der Waals surface area contributed by atoms with Crippen molar-refractivity contribution in [3.05, 3.63) is 14.7 Å². The number of ether oxygens (including phenoxy) is 1. The molecule has 1 atom stereocenters. The average molecular weight is 339 g/mol. The van der Waals surface area contributed by atoms with Crippen LogP contribution >= 0.6 is 46.1 Å². The molecule has 0 aromatic carbocycles. The third-order valence-electron chi connectivity index (χ3n) is 1.76. The molecule has 17 heavy (non-hydrogen) atoms. The molecule has 1 aromatic heterocycles. The fourth-order valence-corrected chi connectivity index (χ4v) is 4.55. The zero-order valence-corrected chi connectivity index (χ0v) is 12.6. The number of methoxy groups -OCH3 is 1. The van der Waals surface area contributed by atoms with E-state index in [1.54, 1.807) is 0 Å². The fourth-order valence-electron chi connectivity index (χ4n) is 1.03. The molecule has 1 heterocycles. The van der Waals surface area contributed by atoms with E-state index in [4.69, 9.17) is 39.5 Å². The van der Waals surface area contributed by atoms with Gasteiger partial charge in [-0.1, -0.05) is 23.2 Å². The van der Waals surface area contributed by atoms with Gasteiger partial charge in [-0.3, -0.25) is 0 Å². The minimum absolute atomic E-state index is 0.0320. The second-order valence-corrected chi connectivity index (χ2v) is 7.73. The van der Waals surface area contributed by atoms with Crippen LogP contribution in [-0.2, 0) is 14.8 Å². The maximum Gasteiger partial charge on any atom is 0.243 e. The van der Waals surface area contributed by atoms with Crippen molar-refractivity contribution in [3.63, 3.8) is 0 Å². The van der Waals surface area contributed by atoms with Crippen LogP contribution < -0.4 is 4.72 Å². The van der Waals surface area contributed by atoms with E-state index < -0.39 is 15.4 Å². The summed E-state index contributed by atoms with van der Waals surface area (Å²) in [6, 6.07) is 1.30. The van der Waals surface area contributed by atoms with E-state index in [0.29, 0.717) is 4.34 Å². The van der Waals surface area contributed by atoms with E-state index in [2.05, 4.69) is 4.72 Å². The summed E-state index contributed by atoms with van der Waals surface area (Å²) in [6.45, 7) is 0.309. The molecule has 0 aliphatic rings. The van der Waals surface area contributed by atoms with Crippen LogP contribution in [-0.4, -0.2) is 34.1 Å². The number of rotatable bonds is 6. The quantitative estimate of drug-likeness (QED) is 0.811. The summed E-state index contributed by atoms with van der Waals surface area (Å²) in [6.07, 6.45) is 0. The van der Waals surface area contributed by atoms with Crippen LogP contribution in [0, 0.1) is 0 Å². The van der Waals surface area contributed by atoms with Gasteiger partial charge in [-0.2, -0.15) is 0 Å². The molecule has 9 heteroatoms. The standard InChI is InChI=1S/C8H10Cl3NO3S2/c1-15-4-5(9)3-12-17(13,14)6-2-7(10)16-8(6)11/h2,5,12H,3-4H2,1H3. The molecule has 0 saturated heterocycles. The summed E-state index contributed by atoms with van der Waals surface area (Å²) in [5.74, 6) is 0. The summed E-state index contributed by atoms with van der Waals surface area (Å²) in [7, 11) is -2.19. The van der Waals surface area contributed by atoms with Gasteiger partial charge in [-0.25, -0.2) is 13.1 Å². The topological polar surface area (TPSA) is 55.4 Å². The van der Waals surface area contributed by atoms with Gasteiger partial charge in [0.05, 0.1) is 16.3 Å². The lowest BCUT2D eigenvalue weighted by Crippen LogP contribution is -2.31. The maximum absolute atomic E-state index is 11.8. The van der Waals surface area contributed by atoms with Gasteiger partial charge in [-0.15, -0.1) is 22.9 Å². The lowest BCUT2D eigenvalue weighted by molar-refractivity contribution is 0.198. The van der Waals surface area contributed by atoms with Gasteiger partial charge in [0.15, 0.2) is 0 Å². The zero-order chi connectivity index (χ0) is 13.1. The van der Waals surface area contributed by atoms with Gasteiger partial charge in [-0.05, 0) is 6.07 Å². The minimum atomic E-state index is -3.68. The van der Waals surface area contributed by atoms with Crippen molar-refractivity contribution >= 4 is 56.2 Å². The molecular weight excluding hydrogens is 329 g/mol. The number of alkyl halides is 1. The van der Waals surface area contributed by atoms with Gasteiger partial charge in [0.1, 0.15) is 9.23 Å². The Morgan fingerprint density at radius 3 is 2.65 bits per heavy atom. The Hall–Kier alpha value is 0.440. The Morgan fingerprint density at radius 1 is 1.53 bits per heavy atom. The summed E-state index contributed by atoms with van der Waals surface area (Å²) < 4.78 is 31.2. The second-order valence-electron chi connectivity index (χ2n) is 3.09. The van der Waals surface area contributed by atoms with Crippen molar-refractivity contribution in [1.29, 1.82) is 0 Å². The fraction of sp³-hybridized carbons (Fsp3) is 0.500. The first-order chi connectivity index (χ1) is 7.86. The Bertz CT molecular complexity index is 474. The molecular formula is C8H10Cl3NO3S2. The number of thiophene rings is 1. The first-order valence-electron chi connectivity index (χ1n) is 4.44. The van der Waals surface area contributed by atoms with Crippen molar-refractivity contribution in [3.8, 4) is 0 Å². The highest BCUT2D eigenvalue weighted by Gasteiger charge is 2.21. The van der Waals surface area contributed by atoms with Crippen molar-refractivity contribution in [2.45, 2.75) is 10.3 Å². The number of hydrogen-bond acceptors (Lipinski definition) is 4. The van der Waals surface area contributed by atoms with E-state index in [1.165, 1.54) is 13.2 Å². The third-order valence-corrected chi connectivity index (χ3v) is 5.21. The largest absolute Gasteiger partial charge is 0.383 e. The monoisotopic (exact) mass is 337 g/mol. The highest BCUT2D eigenvalue weighted by atomic mass is 35.5. The van der Waals surface area contributed by atoms with Crippen molar-refractivity contribution in [2.24, 2.45) is 0 Å². The van der Waals surface area contributed by atoms with E-state index in [-0.39, 0.29) is 22.4 Å². The van der Waals surface area contributed by atoms with Crippen LogP contribution in [0.3, 0.4) is 0 Å². The third kappa shape index (κ3) is 4.55. The van der Waals surface area contributed by atoms with Crippen LogP contribution in [0.5, 0.6) is 0 Å². The van der Waals surface area contributed by atoms with Crippen molar-refractivity contribution < 1.29 is 13.2 Å². The van der Waals surface area contributed by atoms with E-state index in [0.717, 1.165) is 11.3 Å². The predicted octanol–water partition coefficient (Wildman–Crippen LogP) is 2.59. The summed E-state index contributed by atoms with van der Waals surface area (Å²) in [5, 5.41) is -0.442. The Balaban J connectivity index is 2.73. The molecule has 0 bridgehead atoms.